The molecule has 1 N–H and O–H groups in total. The molecule has 110 valence electrons. The van der Waals surface area contributed by atoms with Crippen LogP contribution in [0, 0.1) is 6.92 Å². The first-order valence-electron chi connectivity index (χ1n) is 7.06. The molecule has 4 nitrogen and oxygen atoms in total. The van der Waals surface area contributed by atoms with Gasteiger partial charge in [0.15, 0.2) is 0 Å². The van der Waals surface area contributed by atoms with E-state index in [4.69, 9.17) is 4.74 Å². The lowest BCUT2D eigenvalue weighted by molar-refractivity contribution is 0.415. The van der Waals surface area contributed by atoms with Crippen molar-refractivity contribution >= 4 is 22.8 Å². The number of aryl methyl sites for hydroxylation is 1. The van der Waals surface area contributed by atoms with Crippen LogP contribution >= 0.6 is 0 Å². The molecule has 0 amide bonds. The highest BCUT2D eigenvalue weighted by Gasteiger charge is 2.02. The van der Waals surface area contributed by atoms with Crippen LogP contribution in [-0.4, -0.2) is 18.3 Å². The third-order valence-electron chi connectivity index (χ3n) is 3.36. The molecule has 1 aromatic heterocycles. The number of aromatic nitrogens is 1. The summed E-state index contributed by atoms with van der Waals surface area (Å²) in [6.07, 6.45) is 1.78. The maximum absolute atomic E-state index is 5.14. The Labute approximate surface area is 129 Å². The number of benzene rings is 2. The third kappa shape index (κ3) is 3.06. The topological polar surface area (TPSA) is 46.5 Å². The lowest BCUT2D eigenvalue weighted by atomic mass is 10.1. The van der Waals surface area contributed by atoms with Crippen LogP contribution in [0.1, 0.15) is 11.3 Å². The van der Waals surface area contributed by atoms with Crippen LogP contribution in [0.4, 0.5) is 5.69 Å². The Hall–Kier alpha value is -2.88. The van der Waals surface area contributed by atoms with E-state index < -0.39 is 0 Å². The molecule has 2 aromatic carbocycles. The van der Waals surface area contributed by atoms with Gasteiger partial charge in [-0.15, -0.1) is 0 Å². The highest BCUT2D eigenvalue weighted by molar-refractivity contribution is 5.92. The van der Waals surface area contributed by atoms with Gasteiger partial charge < -0.3 is 4.74 Å². The molecule has 0 unspecified atom stereocenters. The number of ether oxygens (including phenoxy) is 1. The molecule has 0 aliphatic rings. The second kappa shape index (κ2) is 6.26. The average molecular weight is 291 g/mol. The van der Waals surface area contributed by atoms with Gasteiger partial charge in [0.2, 0.25) is 0 Å². The summed E-state index contributed by atoms with van der Waals surface area (Å²) in [5.41, 5.74) is 6.98. The van der Waals surface area contributed by atoms with Crippen molar-refractivity contribution in [3.05, 3.63) is 65.9 Å². The second-order valence-electron chi connectivity index (χ2n) is 4.97. The van der Waals surface area contributed by atoms with E-state index in [0.29, 0.717) is 0 Å². The SMILES string of the molecule is COc1ccc(C=NNc2cc(C)nc3ccccc23)cc1. The molecule has 0 aliphatic carbocycles. The maximum atomic E-state index is 5.14. The van der Waals surface area contributed by atoms with Gasteiger partial charge in [-0.3, -0.25) is 10.4 Å². The van der Waals surface area contributed by atoms with Crippen LogP contribution in [0.5, 0.6) is 5.75 Å². The molecule has 4 heteroatoms. The number of pyridine rings is 1. The number of para-hydroxylation sites is 1. The standard InChI is InChI=1S/C18H17N3O/c1-13-11-18(16-5-3-4-6-17(16)20-13)21-19-12-14-7-9-15(22-2)10-8-14/h3-12H,1-2H3,(H,20,21). The van der Waals surface area contributed by atoms with Crippen LogP contribution < -0.4 is 10.2 Å². The number of hydrogen-bond donors (Lipinski definition) is 1. The summed E-state index contributed by atoms with van der Waals surface area (Å²) in [6, 6.07) is 17.7. The molecule has 0 radical (unpaired) electrons. The summed E-state index contributed by atoms with van der Waals surface area (Å²) in [6.45, 7) is 1.98. The van der Waals surface area contributed by atoms with Gasteiger partial charge in [-0.1, -0.05) is 18.2 Å². The molecule has 0 bridgehead atoms. The molecule has 1 heterocycles. The number of anilines is 1. The van der Waals surface area contributed by atoms with Crippen LogP contribution in [-0.2, 0) is 0 Å². The molecule has 3 aromatic rings. The first-order chi connectivity index (χ1) is 10.8. The van der Waals surface area contributed by atoms with Crippen molar-refractivity contribution in [1.29, 1.82) is 0 Å². The van der Waals surface area contributed by atoms with Crippen molar-refractivity contribution in [2.45, 2.75) is 6.92 Å². The Morgan fingerprint density at radius 1 is 1.09 bits per heavy atom. The van der Waals surface area contributed by atoms with E-state index in [1.54, 1.807) is 13.3 Å². The van der Waals surface area contributed by atoms with Crippen LogP contribution in [0.2, 0.25) is 0 Å². The minimum Gasteiger partial charge on any atom is -0.497 e. The summed E-state index contributed by atoms with van der Waals surface area (Å²) in [7, 11) is 1.65. The number of hydrazone groups is 1. The fraction of sp³-hybridized carbons (Fsp3) is 0.111. The highest BCUT2D eigenvalue weighted by atomic mass is 16.5. The smallest absolute Gasteiger partial charge is 0.118 e. The molecule has 0 aliphatic heterocycles. The number of nitrogens with zero attached hydrogens (tertiary/aromatic N) is 2. The maximum Gasteiger partial charge on any atom is 0.118 e. The van der Waals surface area contributed by atoms with Gasteiger partial charge in [0.05, 0.1) is 24.5 Å². The highest BCUT2D eigenvalue weighted by Crippen LogP contribution is 2.22. The average Bonchev–Trinajstić information content (AvgIpc) is 2.55. The molecule has 3 rings (SSSR count). The van der Waals surface area contributed by atoms with Crippen LogP contribution in [0.3, 0.4) is 0 Å². The van der Waals surface area contributed by atoms with Crippen molar-refractivity contribution in [1.82, 2.24) is 4.98 Å². The van der Waals surface area contributed by atoms with E-state index in [2.05, 4.69) is 15.5 Å². The second-order valence-corrected chi connectivity index (χ2v) is 4.97. The van der Waals surface area contributed by atoms with Gasteiger partial charge in [0, 0.05) is 11.1 Å². The van der Waals surface area contributed by atoms with Crippen molar-refractivity contribution in [3.8, 4) is 5.75 Å². The minimum absolute atomic E-state index is 0.834. The third-order valence-corrected chi connectivity index (χ3v) is 3.36. The fourth-order valence-electron chi connectivity index (χ4n) is 2.27. The molecule has 0 atom stereocenters. The summed E-state index contributed by atoms with van der Waals surface area (Å²) in [4.78, 5) is 4.52. The first kappa shape index (κ1) is 14.1. The zero-order chi connectivity index (χ0) is 15.4. The van der Waals surface area contributed by atoms with Gasteiger partial charge in [-0.25, -0.2) is 0 Å². The number of rotatable bonds is 4. The largest absolute Gasteiger partial charge is 0.497 e. The van der Waals surface area contributed by atoms with Gasteiger partial charge in [-0.05, 0) is 48.9 Å². The summed E-state index contributed by atoms with van der Waals surface area (Å²) >= 11 is 0. The van der Waals surface area contributed by atoms with Crippen molar-refractivity contribution in [2.24, 2.45) is 5.10 Å². The molecule has 0 saturated carbocycles. The molecular formula is C18H17N3O. The monoisotopic (exact) mass is 291 g/mol. The molecular weight excluding hydrogens is 274 g/mol. The zero-order valence-electron chi connectivity index (χ0n) is 12.6. The Kier molecular flexibility index (Phi) is 4.01. The summed E-state index contributed by atoms with van der Waals surface area (Å²) in [5, 5.41) is 5.37. The van der Waals surface area contributed by atoms with E-state index in [-0.39, 0.29) is 0 Å². The summed E-state index contributed by atoms with van der Waals surface area (Å²) in [5.74, 6) is 0.834. The Balaban J connectivity index is 1.82. The van der Waals surface area contributed by atoms with Crippen LogP contribution in [0.15, 0.2) is 59.7 Å². The number of fused-ring (bicyclic) bond motifs is 1. The Bertz CT molecular complexity index is 810. The van der Waals surface area contributed by atoms with Crippen molar-refractivity contribution in [3.63, 3.8) is 0 Å². The van der Waals surface area contributed by atoms with Gasteiger partial charge in [0.25, 0.3) is 0 Å². The molecule has 0 saturated heterocycles. The van der Waals surface area contributed by atoms with Crippen molar-refractivity contribution < 1.29 is 4.74 Å². The predicted molar refractivity (Wildman–Crippen MR) is 90.7 cm³/mol. The number of methoxy groups -OCH3 is 1. The molecule has 0 fully saturated rings. The van der Waals surface area contributed by atoms with E-state index in [0.717, 1.165) is 33.6 Å². The number of hydrogen-bond acceptors (Lipinski definition) is 4. The minimum atomic E-state index is 0.834. The van der Waals surface area contributed by atoms with E-state index >= 15 is 0 Å². The van der Waals surface area contributed by atoms with Crippen molar-refractivity contribution in [2.75, 3.05) is 12.5 Å². The first-order valence-corrected chi connectivity index (χ1v) is 7.06. The zero-order valence-corrected chi connectivity index (χ0v) is 12.6. The molecule has 22 heavy (non-hydrogen) atoms. The Morgan fingerprint density at radius 3 is 2.64 bits per heavy atom. The predicted octanol–water partition coefficient (Wildman–Crippen LogP) is 4.00. The van der Waals surface area contributed by atoms with Gasteiger partial charge in [0.1, 0.15) is 5.75 Å². The lowest BCUT2D eigenvalue weighted by Crippen LogP contribution is -1.94. The van der Waals surface area contributed by atoms with Gasteiger partial charge in [-0.2, -0.15) is 5.10 Å². The van der Waals surface area contributed by atoms with E-state index in [9.17, 15) is 0 Å². The van der Waals surface area contributed by atoms with Gasteiger partial charge >= 0.3 is 0 Å². The molecule has 0 spiro atoms. The fourth-order valence-corrected chi connectivity index (χ4v) is 2.27. The van der Waals surface area contributed by atoms with E-state index in [1.807, 2.05) is 61.5 Å². The lowest BCUT2D eigenvalue weighted by Gasteiger charge is -2.06. The van der Waals surface area contributed by atoms with Crippen LogP contribution in [0.25, 0.3) is 10.9 Å². The Morgan fingerprint density at radius 2 is 1.86 bits per heavy atom. The summed E-state index contributed by atoms with van der Waals surface area (Å²) < 4.78 is 5.14. The number of nitrogens with one attached hydrogen (secondary N) is 1. The van der Waals surface area contributed by atoms with E-state index in [1.165, 1.54) is 0 Å². The normalized spacial score (nSPS) is 11.0. The quantitative estimate of drug-likeness (QED) is 0.584.